The van der Waals surface area contributed by atoms with E-state index < -0.39 is 11.6 Å². The molecule has 2 heterocycles. The summed E-state index contributed by atoms with van der Waals surface area (Å²) in [6, 6.07) is 3.13. The molecule has 5 heteroatoms. The van der Waals surface area contributed by atoms with Crippen LogP contribution in [-0.4, -0.2) is 0 Å². The molecule has 3 rings (SSSR count). The zero-order chi connectivity index (χ0) is 10.7. The number of furan rings is 2. The van der Waals surface area contributed by atoms with Crippen LogP contribution in [-0.2, 0) is 0 Å². The lowest BCUT2D eigenvalue weighted by Crippen LogP contribution is -2.02. The van der Waals surface area contributed by atoms with Crippen molar-refractivity contribution in [1.29, 1.82) is 0 Å². The highest BCUT2D eigenvalue weighted by Gasteiger charge is 2.22. The van der Waals surface area contributed by atoms with Gasteiger partial charge in [-0.25, -0.2) is 8.78 Å². The predicted octanol–water partition coefficient (Wildman–Crippen LogP) is 2.47. The maximum atomic E-state index is 13.7. The zero-order valence-electron chi connectivity index (χ0n) is 7.47. The fourth-order valence-corrected chi connectivity index (χ4v) is 1.79. The SMILES string of the molecule is Nc1c(N)c(F)c2c3ccc(o3)c2c1F. The molecule has 0 aliphatic carbocycles. The Morgan fingerprint density at radius 3 is 1.67 bits per heavy atom. The Hall–Kier alpha value is -2.04. The lowest BCUT2D eigenvalue weighted by Gasteiger charge is -2.05. The molecule has 0 saturated carbocycles. The fraction of sp³-hybridized carbons (Fsp3) is 0. The van der Waals surface area contributed by atoms with E-state index in [2.05, 4.69) is 0 Å². The molecule has 0 fully saturated rings. The molecular weight excluding hydrogens is 202 g/mol. The summed E-state index contributed by atoms with van der Waals surface area (Å²) in [5.41, 5.74) is 10.5. The van der Waals surface area contributed by atoms with E-state index in [0.717, 1.165) is 0 Å². The molecule has 0 saturated heterocycles. The van der Waals surface area contributed by atoms with Crippen molar-refractivity contribution in [3.63, 3.8) is 0 Å². The van der Waals surface area contributed by atoms with Crippen molar-refractivity contribution in [2.75, 3.05) is 11.5 Å². The van der Waals surface area contributed by atoms with Gasteiger partial charge in [-0.3, -0.25) is 0 Å². The first-order chi connectivity index (χ1) is 7.11. The Balaban J connectivity index is 2.70. The van der Waals surface area contributed by atoms with Crippen molar-refractivity contribution >= 4 is 33.3 Å². The molecule has 3 nitrogen and oxygen atoms in total. The number of anilines is 2. The maximum absolute atomic E-state index is 13.7. The molecule has 76 valence electrons. The lowest BCUT2D eigenvalue weighted by molar-refractivity contribution is 0.627. The molecular formula is C10H6F2N2O. The van der Waals surface area contributed by atoms with Gasteiger partial charge in [0, 0.05) is 0 Å². The minimum absolute atomic E-state index is 0.0664. The van der Waals surface area contributed by atoms with Gasteiger partial charge in [-0.1, -0.05) is 0 Å². The number of halogens is 2. The van der Waals surface area contributed by atoms with Crippen molar-refractivity contribution in [2.24, 2.45) is 0 Å². The van der Waals surface area contributed by atoms with Gasteiger partial charge in [0.05, 0.1) is 22.1 Å². The minimum Gasteiger partial charge on any atom is -0.456 e. The van der Waals surface area contributed by atoms with E-state index in [4.69, 9.17) is 15.9 Å². The van der Waals surface area contributed by atoms with Crippen LogP contribution in [0.4, 0.5) is 20.2 Å². The van der Waals surface area contributed by atoms with Gasteiger partial charge >= 0.3 is 0 Å². The first-order valence-corrected chi connectivity index (χ1v) is 4.27. The Morgan fingerprint density at radius 2 is 1.27 bits per heavy atom. The fourth-order valence-electron chi connectivity index (χ4n) is 1.79. The molecule has 4 N–H and O–H groups in total. The third-order valence-electron chi connectivity index (χ3n) is 2.55. The van der Waals surface area contributed by atoms with E-state index in [1.807, 2.05) is 0 Å². The van der Waals surface area contributed by atoms with Crippen LogP contribution in [0.2, 0.25) is 0 Å². The van der Waals surface area contributed by atoms with Crippen molar-refractivity contribution in [3.8, 4) is 0 Å². The van der Waals surface area contributed by atoms with Crippen molar-refractivity contribution < 1.29 is 13.2 Å². The second-order valence-electron chi connectivity index (χ2n) is 3.37. The number of fused-ring (bicyclic) bond motifs is 5. The highest BCUT2D eigenvalue weighted by molar-refractivity contribution is 6.10. The molecule has 0 unspecified atom stereocenters. The lowest BCUT2D eigenvalue weighted by atomic mass is 10.1. The molecule has 2 bridgehead atoms. The van der Waals surface area contributed by atoms with Crippen molar-refractivity contribution in [1.82, 2.24) is 0 Å². The van der Waals surface area contributed by atoms with E-state index in [9.17, 15) is 8.78 Å². The summed E-state index contributed by atoms with van der Waals surface area (Å²) in [6.07, 6.45) is 0. The maximum Gasteiger partial charge on any atom is 0.160 e. The van der Waals surface area contributed by atoms with Gasteiger partial charge in [0.1, 0.15) is 11.2 Å². The Kier molecular flexibility index (Phi) is 1.27. The van der Waals surface area contributed by atoms with Crippen LogP contribution in [0, 0.1) is 11.6 Å². The average molecular weight is 208 g/mol. The van der Waals surface area contributed by atoms with Crippen LogP contribution in [0.1, 0.15) is 0 Å². The monoisotopic (exact) mass is 208 g/mol. The van der Waals surface area contributed by atoms with Crippen LogP contribution >= 0.6 is 0 Å². The van der Waals surface area contributed by atoms with Gasteiger partial charge in [0.15, 0.2) is 11.6 Å². The van der Waals surface area contributed by atoms with Crippen LogP contribution in [0.3, 0.4) is 0 Å². The van der Waals surface area contributed by atoms with Gasteiger partial charge in [-0.2, -0.15) is 0 Å². The summed E-state index contributed by atoms with van der Waals surface area (Å²) in [7, 11) is 0. The molecule has 0 amide bonds. The summed E-state index contributed by atoms with van der Waals surface area (Å²) in [5, 5.41) is 0.133. The highest BCUT2D eigenvalue weighted by Crippen LogP contribution is 2.40. The van der Waals surface area contributed by atoms with Crippen LogP contribution in [0.5, 0.6) is 0 Å². The standard InChI is InChI=1S/C10H6F2N2O/c11-7-5-3-1-2-4(15-3)6(5)8(12)10(14)9(7)13/h1-2H,13-14H2. The molecule has 2 aromatic heterocycles. The quantitative estimate of drug-likeness (QED) is 0.557. The topological polar surface area (TPSA) is 65.2 Å². The second kappa shape index (κ2) is 2.31. The first-order valence-electron chi connectivity index (χ1n) is 4.27. The summed E-state index contributed by atoms with van der Waals surface area (Å²) in [5.74, 6) is -1.45. The molecule has 0 spiro atoms. The van der Waals surface area contributed by atoms with E-state index in [1.54, 1.807) is 12.1 Å². The Morgan fingerprint density at radius 1 is 0.867 bits per heavy atom. The van der Waals surface area contributed by atoms with Crippen LogP contribution in [0.25, 0.3) is 21.9 Å². The Bertz CT molecular complexity index is 618. The number of hydrogen-bond acceptors (Lipinski definition) is 3. The third kappa shape index (κ3) is 0.782. The largest absolute Gasteiger partial charge is 0.456 e. The molecule has 0 radical (unpaired) electrons. The first kappa shape index (κ1) is 8.28. The second-order valence-corrected chi connectivity index (χ2v) is 3.37. The van der Waals surface area contributed by atoms with E-state index >= 15 is 0 Å². The molecule has 0 aliphatic rings. The third-order valence-corrected chi connectivity index (χ3v) is 2.55. The van der Waals surface area contributed by atoms with Crippen molar-refractivity contribution in [3.05, 3.63) is 23.8 Å². The molecule has 3 aromatic rings. The van der Waals surface area contributed by atoms with E-state index in [1.165, 1.54) is 0 Å². The number of hydrogen-bond donors (Lipinski definition) is 2. The summed E-state index contributed by atoms with van der Waals surface area (Å²) in [4.78, 5) is 0. The molecule has 1 aromatic carbocycles. The average Bonchev–Trinajstić information content (AvgIpc) is 2.82. The highest BCUT2D eigenvalue weighted by atomic mass is 19.1. The molecule has 0 atom stereocenters. The van der Waals surface area contributed by atoms with Gasteiger partial charge in [-0.15, -0.1) is 0 Å². The summed E-state index contributed by atoms with van der Waals surface area (Å²) in [6.45, 7) is 0. The normalized spacial score (nSPS) is 11.9. The minimum atomic E-state index is -0.724. The molecule has 0 aliphatic heterocycles. The smallest absolute Gasteiger partial charge is 0.160 e. The number of nitrogen functional groups attached to an aromatic ring is 2. The van der Waals surface area contributed by atoms with Gasteiger partial charge in [0.25, 0.3) is 0 Å². The number of rotatable bonds is 0. The van der Waals surface area contributed by atoms with E-state index in [0.29, 0.717) is 0 Å². The van der Waals surface area contributed by atoms with Gasteiger partial charge < -0.3 is 15.9 Å². The summed E-state index contributed by atoms with van der Waals surface area (Å²) < 4.78 is 32.5. The summed E-state index contributed by atoms with van der Waals surface area (Å²) >= 11 is 0. The predicted molar refractivity (Wildman–Crippen MR) is 53.6 cm³/mol. The van der Waals surface area contributed by atoms with Crippen LogP contribution < -0.4 is 11.5 Å². The van der Waals surface area contributed by atoms with Crippen molar-refractivity contribution in [2.45, 2.75) is 0 Å². The van der Waals surface area contributed by atoms with Gasteiger partial charge in [-0.05, 0) is 12.1 Å². The molecule has 15 heavy (non-hydrogen) atoms. The number of benzene rings is 2. The van der Waals surface area contributed by atoms with Crippen LogP contribution in [0.15, 0.2) is 16.5 Å². The van der Waals surface area contributed by atoms with Gasteiger partial charge in [0.2, 0.25) is 0 Å². The zero-order valence-corrected chi connectivity index (χ0v) is 7.47. The number of nitrogens with two attached hydrogens (primary N) is 2. The Labute approximate surface area is 82.6 Å². The van der Waals surface area contributed by atoms with E-state index in [-0.39, 0.29) is 33.3 Å².